The Hall–Kier alpha value is -2.49. The van der Waals surface area contributed by atoms with Crippen LogP contribution in [0.2, 0.25) is 0 Å². The van der Waals surface area contributed by atoms with Crippen LogP contribution in [0.5, 0.6) is 0 Å². The Labute approximate surface area is 205 Å². The van der Waals surface area contributed by atoms with Crippen molar-refractivity contribution in [2.75, 3.05) is 31.2 Å². The molecule has 0 aliphatic carbocycles. The van der Waals surface area contributed by atoms with E-state index in [2.05, 4.69) is 22.1 Å². The van der Waals surface area contributed by atoms with E-state index in [0.29, 0.717) is 17.8 Å². The number of H-pyrrole nitrogens is 1. The lowest BCUT2D eigenvalue weighted by Crippen LogP contribution is -2.54. The molecule has 2 aliphatic heterocycles. The SMILES string of the molecule is CCCCN1CC(Nc2cc(F)c([C@H]3c4[nH]c5ccccc5c4C[C@@H](C)N3S(C)(=O)=O)c(F)c2)C1. The normalized spacial score (nSPS) is 21.7. The van der Waals surface area contributed by atoms with E-state index in [1.165, 1.54) is 16.4 Å². The summed E-state index contributed by atoms with van der Waals surface area (Å²) in [6.45, 7) is 6.64. The summed E-state index contributed by atoms with van der Waals surface area (Å²) in [6.07, 6.45) is 3.82. The highest BCUT2D eigenvalue weighted by Crippen LogP contribution is 2.44. The fourth-order valence-corrected chi connectivity index (χ4v) is 6.94. The number of likely N-dealkylation sites (tertiary alicyclic amines) is 1. The molecule has 1 aromatic heterocycles. The number of nitrogens with zero attached hydrogens (tertiary/aromatic N) is 2. The predicted octanol–water partition coefficient (Wildman–Crippen LogP) is 4.64. The quantitative estimate of drug-likeness (QED) is 0.494. The van der Waals surface area contributed by atoms with Gasteiger partial charge in [0.2, 0.25) is 10.0 Å². The van der Waals surface area contributed by atoms with Crippen molar-refractivity contribution in [3.8, 4) is 0 Å². The van der Waals surface area contributed by atoms with Crippen molar-refractivity contribution in [1.82, 2.24) is 14.2 Å². The second-order valence-corrected chi connectivity index (χ2v) is 11.8. The van der Waals surface area contributed by atoms with Gasteiger partial charge in [-0.2, -0.15) is 4.31 Å². The summed E-state index contributed by atoms with van der Waals surface area (Å²) in [4.78, 5) is 5.58. The number of benzene rings is 2. The third kappa shape index (κ3) is 4.45. The summed E-state index contributed by atoms with van der Waals surface area (Å²) in [5.74, 6) is -1.51. The van der Waals surface area contributed by atoms with Crippen LogP contribution < -0.4 is 5.32 Å². The van der Waals surface area contributed by atoms with E-state index < -0.39 is 33.7 Å². The van der Waals surface area contributed by atoms with Crippen LogP contribution >= 0.6 is 0 Å². The molecule has 2 N–H and O–H groups in total. The van der Waals surface area contributed by atoms with E-state index in [4.69, 9.17) is 0 Å². The lowest BCUT2D eigenvalue weighted by atomic mass is 9.90. The molecule has 35 heavy (non-hydrogen) atoms. The van der Waals surface area contributed by atoms with Crippen molar-refractivity contribution < 1.29 is 17.2 Å². The molecule has 1 saturated heterocycles. The van der Waals surface area contributed by atoms with E-state index >= 15 is 8.78 Å². The van der Waals surface area contributed by atoms with Gasteiger partial charge >= 0.3 is 0 Å². The zero-order chi connectivity index (χ0) is 24.9. The number of rotatable bonds is 7. The summed E-state index contributed by atoms with van der Waals surface area (Å²) in [5, 5.41) is 4.17. The molecule has 0 bridgehead atoms. The average molecular weight is 503 g/mol. The lowest BCUT2D eigenvalue weighted by Gasteiger charge is -2.40. The number of fused-ring (bicyclic) bond motifs is 3. The number of sulfonamides is 1. The highest BCUT2D eigenvalue weighted by molar-refractivity contribution is 7.88. The molecule has 0 spiro atoms. The van der Waals surface area contributed by atoms with Gasteiger partial charge in [0.15, 0.2) is 0 Å². The number of nitrogens with one attached hydrogen (secondary N) is 2. The first-order valence-electron chi connectivity index (χ1n) is 12.2. The number of aromatic amines is 1. The second-order valence-electron chi connectivity index (χ2n) is 9.92. The topological polar surface area (TPSA) is 68.4 Å². The summed E-state index contributed by atoms with van der Waals surface area (Å²) >= 11 is 0. The van der Waals surface area contributed by atoms with Gasteiger partial charge in [-0.05, 0) is 50.1 Å². The molecule has 0 radical (unpaired) electrons. The molecule has 1 fully saturated rings. The van der Waals surface area contributed by atoms with E-state index in [-0.39, 0.29) is 11.6 Å². The molecule has 6 nitrogen and oxygen atoms in total. The standard InChI is InChI=1S/C26H32F2N4O2S/c1-4-5-10-31-14-18(15-31)29-17-12-21(27)24(22(28)13-17)26-25-20(11-16(2)32(26)35(3,33)34)19-8-6-7-9-23(19)30-25/h6-9,12-13,16,18,26,29-30H,4-5,10-11,14-15H2,1-3H3/t16-,26+/m1/s1. The van der Waals surface area contributed by atoms with Gasteiger partial charge in [0, 0.05) is 47.0 Å². The Bertz CT molecular complexity index is 1330. The average Bonchev–Trinajstić information content (AvgIpc) is 3.12. The number of hydrogen-bond donors (Lipinski definition) is 2. The first kappa shape index (κ1) is 24.2. The molecule has 3 heterocycles. The van der Waals surface area contributed by atoms with Crippen molar-refractivity contribution in [2.45, 2.75) is 51.2 Å². The fourth-order valence-electron chi connectivity index (χ4n) is 5.62. The Morgan fingerprint density at radius 1 is 1.14 bits per heavy atom. The van der Waals surface area contributed by atoms with Gasteiger partial charge in [0.1, 0.15) is 11.6 Å². The van der Waals surface area contributed by atoms with Gasteiger partial charge in [-0.1, -0.05) is 31.5 Å². The van der Waals surface area contributed by atoms with E-state index in [1.54, 1.807) is 6.92 Å². The third-order valence-electron chi connectivity index (χ3n) is 7.20. The Balaban J connectivity index is 1.52. The van der Waals surface area contributed by atoms with Gasteiger partial charge in [-0.3, -0.25) is 4.90 Å². The Kier molecular flexibility index (Phi) is 6.35. The summed E-state index contributed by atoms with van der Waals surface area (Å²) in [6, 6.07) is 8.77. The van der Waals surface area contributed by atoms with Crippen LogP contribution in [-0.2, 0) is 16.4 Å². The molecule has 3 aromatic rings. The second kappa shape index (κ2) is 9.19. The van der Waals surface area contributed by atoms with Crippen LogP contribution in [-0.4, -0.2) is 60.6 Å². The molecule has 5 rings (SSSR count). The van der Waals surface area contributed by atoms with Crippen molar-refractivity contribution >= 4 is 26.6 Å². The van der Waals surface area contributed by atoms with Gasteiger partial charge < -0.3 is 10.3 Å². The largest absolute Gasteiger partial charge is 0.380 e. The van der Waals surface area contributed by atoms with Gasteiger partial charge in [0.05, 0.1) is 18.3 Å². The first-order valence-corrected chi connectivity index (χ1v) is 14.1. The van der Waals surface area contributed by atoms with Crippen LogP contribution in [0.1, 0.15) is 49.6 Å². The first-order chi connectivity index (χ1) is 16.7. The van der Waals surface area contributed by atoms with Crippen LogP contribution in [0.15, 0.2) is 36.4 Å². The predicted molar refractivity (Wildman–Crippen MR) is 135 cm³/mol. The summed E-state index contributed by atoms with van der Waals surface area (Å²) < 4.78 is 58.2. The van der Waals surface area contributed by atoms with Crippen molar-refractivity contribution in [3.05, 3.63) is 64.9 Å². The van der Waals surface area contributed by atoms with Gasteiger partial charge in [-0.15, -0.1) is 0 Å². The van der Waals surface area contributed by atoms with Crippen LogP contribution in [0.4, 0.5) is 14.5 Å². The maximum atomic E-state index is 15.6. The van der Waals surface area contributed by atoms with Gasteiger partial charge in [0.25, 0.3) is 0 Å². The number of unbranched alkanes of at least 4 members (excludes halogenated alkanes) is 1. The van der Waals surface area contributed by atoms with Crippen LogP contribution in [0, 0.1) is 11.6 Å². The van der Waals surface area contributed by atoms with Crippen molar-refractivity contribution in [3.63, 3.8) is 0 Å². The maximum absolute atomic E-state index is 15.6. The fraction of sp³-hybridized carbons (Fsp3) is 0.462. The zero-order valence-corrected chi connectivity index (χ0v) is 21.1. The van der Waals surface area contributed by atoms with E-state index in [9.17, 15) is 8.42 Å². The minimum Gasteiger partial charge on any atom is -0.380 e. The number of anilines is 1. The molecule has 0 unspecified atom stereocenters. The summed E-state index contributed by atoms with van der Waals surface area (Å²) in [5.41, 5.74) is 2.37. The number of para-hydroxylation sites is 1. The summed E-state index contributed by atoms with van der Waals surface area (Å²) in [7, 11) is -3.77. The smallest absolute Gasteiger partial charge is 0.212 e. The van der Waals surface area contributed by atoms with Crippen LogP contribution in [0.25, 0.3) is 10.9 Å². The molecular weight excluding hydrogens is 470 g/mol. The number of aromatic nitrogens is 1. The van der Waals surface area contributed by atoms with Crippen LogP contribution in [0.3, 0.4) is 0 Å². The molecule has 2 atom stereocenters. The maximum Gasteiger partial charge on any atom is 0.212 e. The molecule has 0 amide bonds. The molecule has 2 aliphatic rings. The monoisotopic (exact) mass is 502 g/mol. The lowest BCUT2D eigenvalue weighted by molar-refractivity contribution is 0.159. The highest BCUT2D eigenvalue weighted by Gasteiger charge is 2.43. The van der Waals surface area contributed by atoms with E-state index in [0.717, 1.165) is 55.2 Å². The zero-order valence-electron chi connectivity index (χ0n) is 20.3. The Morgan fingerprint density at radius 2 is 1.83 bits per heavy atom. The number of halogens is 2. The molecule has 188 valence electrons. The minimum atomic E-state index is -3.77. The third-order valence-corrected chi connectivity index (χ3v) is 8.54. The highest BCUT2D eigenvalue weighted by atomic mass is 32.2. The van der Waals surface area contributed by atoms with E-state index in [1.807, 2.05) is 24.3 Å². The van der Waals surface area contributed by atoms with Crippen molar-refractivity contribution in [1.29, 1.82) is 0 Å². The molecule has 2 aromatic carbocycles. The van der Waals surface area contributed by atoms with Crippen molar-refractivity contribution in [2.24, 2.45) is 0 Å². The number of hydrogen-bond acceptors (Lipinski definition) is 4. The molecular formula is C26H32F2N4O2S. The Morgan fingerprint density at radius 3 is 2.49 bits per heavy atom. The van der Waals surface area contributed by atoms with Gasteiger partial charge in [-0.25, -0.2) is 17.2 Å². The molecule has 0 saturated carbocycles. The minimum absolute atomic E-state index is 0.138. The molecule has 9 heteroatoms.